The van der Waals surface area contributed by atoms with Crippen molar-refractivity contribution in [1.82, 2.24) is 14.8 Å². The topological polar surface area (TPSA) is 63.0 Å². The smallest absolute Gasteiger partial charge is 0.112 e. The Bertz CT molecular complexity index is 512. The molecular formula is C12H16N4OS. The average Bonchev–Trinajstić information content (AvgIpc) is 3.00. The largest absolute Gasteiger partial charge is 0.394 e. The van der Waals surface area contributed by atoms with E-state index in [1.165, 1.54) is 23.4 Å². The maximum absolute atomic E-state index is 8.81. The Balaban J connectivity index is 1.59. The Kier molecular flexibility index (Phi) is 3.29. The molecule has 96 valence electrons. The number of hydrogen-bond acceptors (Lipinski definition) is 5. The van der Waals surface area contributed by atoms with Crippen LogP contribution in [0.5, 0.6) is 0 Å². The van der Waals surface area contributed by atoms with Crippen LogP contribution in [0.1, 0.15) is 22.0 Å². The van der Waals surface area contributed by atoms with Gasteiger partial charge in [0.1, 0.15) is 5.01 Å². The van der Waals surface area contributed by atoms with Gasteiger partial charge in [-0.15, -0.1) is 11.3 Å². The summed E-state index contributed by atoms with van der Waals surface area (Å²) >= 11 is 1.82. The molecule has 0 fully saturated rings. The second kappa shape index (κ2) is 5.07. The normalized spacial score (nSPS) is 13.8. The minimum absolute atomic E-state index is 0.111. The molecule has 0 spiro atoms. The molecule has 6 heteroatoms. The van der Waals surface area contributed by atoms with Gasteiger partial charge in [0, 0.05) is 11.1 Å². The van der Waals surface area contributed by atoms with Crippen LogP contribution in [0.3, 0.4) is 0 Å². The van der Waals surface area contributed by atoms with Gasteiger partial charge in [0.05, 0.1) is 37.3 Å². The summed E-state index contributed by atoms with van der Waals surface area (Å²) in [6, 6.07) is 0. The number of anilines is 1. The van der Waals surface area contributed by atoms with Gasteiger partial charge < -0.3 is 10.4 Å². The molecule has 18 heavy (non-hydrogen) atoms. The van der Waals surface area contributed by atoms with Crippen molar-refractivity contribution in [3.8, 4) is 0 Å². The van der Waals surface area contributed by atoms with E-state index in [2.05, 4.69) is 15.4 Å². The fraction of sp³-hybridized carbons (Fsp3) is 0.500. The summed E-state index contributed by atoms with van der Waals surface area (Å²) in [5.41, 5.74) is 2.27. The Morgan fingerprint density at radius 1 is 1.44 bits per heavy atom. The van der Waals surface area contributed by atoms with Gasteiger partial charge in [0.25, 0.3) is 0 Å². The third-order valence-electron chi connectivity index (χ3n) is 3.05. The number of thiazole rings is 1. The summed E-state index contributed by atoms with van der Waals surface area (Å²) in [6.45, 7) is 1.40. The Labute approximate surface area is 109 Å². The van der Waals surface area contributed by atoms with Crippen LogP contribution in [-0.4, -0.2) is 26.5 Å². The highest BCUT2D eigenvalue weighted by molar-refractivity contribution is 7.11. The first-order valence-corrected chi connectivity index (χ1v) is 7.01. The van der Waals surface area contributed by atoms with Crippen LogP contribution in [0.4, 0.5) is 5.69 Å². The van der Waals surface area contributed by atoms with E-state index in [1.807, 2.05) is 17.5 Å². The SMILES string of the molecule is OCCn1cc(NCc2nc3c(s2)CCC3)cn1. The molecule has 1 aliphatic rings. The van der Waals surface area contributed by atoms with E-state index in [0.29, 0.717) is 6.54 Å². The number of fused-ring (bicyclic) bond motifs is 1. The second-order valence-electron chi connectivity index (χ2n) is 4.40. The van der Waals surface area contributed by atoms with Crippen LogP contribution < -0.4 is 5.32 Å². The number of aliphatic hydroxyl groups is 1. The van der Waals surface area contributed by atoms with E-state index in [1.54, 1.807) is 10.9 Å². The average molecular weight is 264 g/mol. The zero-order valence-electron chi connectivity index (χ0n) is 10.1. The minimum atomic E-state index is 0.111. The van der Waals surface area contributed by atoms with Crippen molar-refractivity contribution in [3.63, 3.8) is 0 Å². The Morgan fingerprint density at radius 2 is 2.39 bits per heavy atom. The zero-order valence-corrected chi connectivity index (χ0v) is 10.9. The molecule has 1 aliphatic carbocycles. The predicted molar refractivity (Wildman–Crippen MR) is 70.8 cm³/mol. The molecule has 0 aromatic carbocycles. The monoisotopic (exact) mass is 264 g/mol. The third-order valence-corrected chi connectivity index (χ3v) is 4.20. The van der Waals surface area contributed by atoms with Crippen molar-refractivity contribution in [2.75, 3.05) is 11.9 Å². The van der Waals surface area contributed by atoms with E-state index in [0.717, 1.165) is 23.7 Å². The van der Waals surface area contributed by atoms with Crippen LogP contribution in [0.15, 0.2) is 12.4 Å². The molecule has 0 unspecified atom stereocenters. The van der Waals surface area contributed by atoms with Crippen molar-refractivity contribution in [1.29, 1.82) is 0 Å². The lowest BCUT2D eigenvalue weighted by Crippen LogP contribution is -2.02. The van der Waals surface area contributed by atoms with Gasteiger partial charge >= 0.3 is 0 Å². The van der Waals surface area contributed by atoms with E-state index in [9.17, 15) is 0 Å². The van der Waals surface area contributed by atoms with Gasteiger partial charge in [0.2, 0.25) is 0 Å². The third kappa shape index (κ3) is 2.39. The number of nitrogens with zero attached hydrogens (tertiary/aromatic N) is 3. The summed E-state index contributed by atoms with van der Waals surface area (Å²) < 4.78 is 1.73. The van der Waals surface area contributed by atoms with Gasteiger partial charge in [-0.2, -0.15) is 5.10 Å². The quantitative estimate of drug-likeness (QED) is 0.857. The number of aliphatic hydroxyl groups excluding tert-OH is 1. The molecule has 0 amide bonds. The van der Waals surface area contributed by atoms with Crippen LogP contribution in [-0.2, 0) is 25.9 Å². The molecule has 3 rings (SSSR count). The highest BCUT2D eigenvalue weighted by Crippen LogP contribution is 2.27. The van der Waals surface area contributed by atoms with Crippen molar-refractivity contribution < 1.29 is 5.11 Å². The van der Waals surface area contributed by atoms with E-state index >= 15 is 0 Å². The molecule has 0 radical (unpaired) electrons. The van der Waals surface area contributed by atoms with Gasteiger partial charge in [-0.05, 0) is 19.3 Å². The van der Waals surface area contributed by atoms with E-state index in [4.69, 9.17) is 5.11 Å². The molecule has 0 saturated heterocycles. The summed E-state index contributed by atoms with van der Waals surface area (Å²) in [4.78, 5) is 6.10. The number of aryl methyl sites for hydroxylation is 2. The summed E-state index contributed by atoms with van der Waals surface area (Å²) in [6.07, 6.45) is 7.27. The summed E-state index contributed by atoms with van der Waals surface area (Å²) in [5, 5.41) is 17.4. The number of nitrogens with one attached hydrogen (secondary N) is 1. The highest BCUT2D eigenvalue weighted by atomic mass is 32.1. The van der Waals surface area contributed by atoms with Crippen LogP contribution in [0.2, 0.25) is 0 Å². The van der Waals surface area contributed by atoms with Crippen molar-refractivity contribution in [2.24, 2.45) is 0 Å². The molecule has 0 atom stereocenters. The minimum Gasteiger partial charge on any atom is -0.394 e. The number of hydrogen-bond donors (Lipinski definition) is 2. The van der Waals surface area contributed by atoms with Gasteiger partial charge in [-0.3, -0.25) is 4.68 Å². The fourth-order valence-corrected chi connectivity index (χ4v) is 3.27. The lowest BCUT2D eigenvalue weighted by Gasteiger charge is -2.00. The Morgan fingerprint density at radius 3 is 3.22 bits per heavy atom. The molecule has 2 aromatic rings. The van der Waals surface area contributed by atoms with Crippen LogP contribution >= 0.6 is 11.3 Å². The molecular weight excluding hydrogens is 248 g/mol. The lowest BCUT2D eigenvalue weighted by atomic mass is 10.4. The highest BCUT2D eigenvalue weighted by Gasteiger charge is 2.16. The van der Waals surface area contributed by atoms with Gasteiger partial charge in [0.15, 0.2) is 0 Å². The number of rotatable bonds is 5. The lowest BCUT2D eigenvalue weighted by molar-refractivity contribution is 0.269. The zero-order chi connectivity index (χ0) is 12.4. The summed E-state index contributed by atoms with van der Waals surface area (Å²) in [7, 11) is 0. The van der Waals surface area contributed by atoms with Crippen molar-refractivity contribution in [3.05, 3.63) is 28.0 Å². The molecule has 2 aromatic heterocycles. The fourth-order valence-electron chi connectivity index (χ4n) is 2.18. The van der Waals surface area contributed by atoms with Gasteiger partial charge in [-0.25, -0.2) is 4.98 Å². The molecule has 0 aliphatic heterocycles. The molecule has 2 N–H and O–H groups in total. The van der Waals surface area contributed by atoms with E-state index < -0.39 is 0 Å². The number of aromatic nitrogens is 3. The standard InChI is InChI=1S/C12H16N4OS/c17-5-4-16-8-9(6-14-16)13-7-12-15-10-2-1-3-11(10)18-12/h6,8,13,17H,1-5,7H2. The first-order chi connectivity index (χ1) is 8.85. The van der Waals surface area contributed by atoms with Gasteiger partial charge in [-0.1, -0.05) is 0 Å². The molecule has 2 heterocycles. The van der Waals surface area contributed by atoms with Crippen LogP contribution in [0.25, 0.3) is 0 Å². The van der Waals surface area contributed by atoms with Crippen LogP contribution in [0, 0.1) is 0 Å². The second-order valence-corrected chi connectivity index (χ2v) is 5.57. The molecule has 5 nitrogen and oxygen atoms in total. The van der Waals surface area contributed by atoms with E-state index in [-0.39, 0.29) is 6.61 Å². The molecule has 0 saturated carbocycles. The predicted octanol–water partition coefficient (Wildman–Crippen LogP) is 1.43. The summed E-state index contributed by atoms with van der Waals surface area (Å²) in [5.74, 6) is 0. The maximum Gasteiger partial charge on any atom is 0.112 e. The Hall–Kier alpha value is -1.40. The first-order valence-electron chi connectivity index (χ1n) is 6.20. The van der Waals surface area contributed by atoms with Crippen molar-refractivity contribution in [2.45, 2.75) is 32.4 Å². The first kappa shape index (κ1) is 11.7. The maximum atomic E-state index is 8.81. The van der Waals surface area contributed by atoms with Crippen molar-refractivity contribution >= 4 is 17.0 Å². The molecule has 0 bridgehead atoms.